The Bertz CT molecular complexity index is 947. The van der Waals surface area contributed by atoms with Crippen molar-refractivity contribution in [3.63, 3.8) is 0 Å². The van der Waals surface area contributed by atoms with E-state index in [4.69, 9.17) is 4.74 Å². The van der Waals surface area contributed by atoms with Crippen LogP contribution in [0.3, 0.4) is 0 Å². The van der Waals surface area contributed by atoms with Crippen LogP contribution in [0.15, 0.2) is 54.9 Å². The molecule has 2 N–H and O–H groups in total. The van der Waals surface area contributed by atoms with E-state index in [1.54, 1.807) is 24.3 Å². The van der Waals surface area contributed by atoms with Gasteiger partial charge >= 0.3 is 5.97 Å². The summed E-state index contributed by atoms with van der Waals surface area (Å²) < 4.78 is 7.66. The molecule has 2 heterocycles. The fraction of sp³-hybridized carbons (Fsp3) is 0.286. The molecule has 28 heavy (non-hydrogen) atoms. The summed E-state index contributed by atoms with van der Waals surface area (Å²) in [6, 6.07) is 11.5. The van der Waals surface area contributed by atoms with E-state index in [1.807, 2.05) is 48.8 Å². The van der Waals surface area contributed by atoms with Gasteiger partial charge < -0.3 is 19.6 Å². The summed E-state index contributed by atoms with van der Waals surface area (Å²) in [6.45, 7) is 4.09. The van der Waals surface area contributed by atoms with Gasteiger partial charge in [0, 0.05) is 18.0 Å². The second-order valence-electron chi connectivity index (χ2n) is 7.01. The number of nitrogens with zero attached hydrogens (tertiary/aromatic N) is 2. The Morgan fingerprint density at radius 3 is 2.75 bits per heavy atom. The van der Waals surface area contributed by atoms with Crippen LogP contribution in [-0.4, -0.2) is 32.4 Å². The molecule has 0 aliphatic rings. The molecule has 0 saturated heterocycles. The van der Waals surface area contributed by atoms with Crippen LogP contribution in [-0.2, 0) is 11.4 Å². The average molecular weight is 381 g/mol. The molecule has 3 aromatic rings. The highest BCUT2D eigenvalue weighted by molar-refractivity contribution is 5.96. The first-order chi connectivity index (χ1) is 13.4. The SMILES string of the molecule is CC(C)C[C@H](NC(=O)c1cccc(OCc2cn3ccccc3n2)c1)C(=O)O. The molecular weight excluding hydrogens is 358 g/mol. The Kier molecular flexibility index (Phi) is 5.93. The number of ether oxygens (including phenoxy) is 1. The monoisotopic (exact) mass is 381 g/mol. The van der Waals surface area contributed by atoms with Crippen LogP contribution in [0.4, 0.5) is 0 Å². The highest BCUT2D eigenvalue weighted by Crippen LogP contribution is 2.16. The van der Waals surface area contributed by atoms with E-state index < -0.39 is 17.9 Å². The van der Waals surface area contributed by atoms with Crippen LogP contribution >= 0.6 is 0 Å². The third-order valence-corrected chi connectivity index (χ3v) is 4.21. The molecule has 0 aliphatic heterocycles. The van der Waals surface area contributed by atoms with Gasteiger partial charge in [-0.2, -0.15) is 0 Å². The number of amides is 1. The van der Waals surface area contributed by atoms with Crippen molar-refractivity contribution in [2.75, 3.05) is 0 Å². The molecule has 7 heteroatoms. The summed E-state index contributed by atoms with van der Waals surface area (Å²) >= 11 is 0. The molecule has 0 unspecified atom stereocenters. The highest BCUT2D eigenvalue weighted by atomic mass is 16.5. The van der Waals surface area contributed by atoms with E-state index in [1.165, 1.54) is 0 Å². The summed E-state index contributed by atoms with van der Waals surface area (Å²) in [7, 11) is 0. The zero-order valence-electron chi connectivity index (χ0n) is 15.8. The number of pyridine rings is 1. The third kappa shape index (κ3) is 4.88. The molecule has 0 saturated carbocycles. The molecule has 0 spiro atoms. The van der Waals surface area contributed by atoms with Crippen molar-refractivity contribution < 1.29 is 19.4 Å². The zero-order chi connectivity index (χ0) is 20.1. The van der Waals surface area contributed by atoms with Gasteiger partial charge in [0.05, 0.1) is 5.69 Å². The third-order valence-electron chi connectivity index (χ3n) is 4.21. The smallest absolute Gasteiger partial charge is 0.326 e. The Morgan fingerprint density at radius 1 is 1.21 bits per heavy atom. The summed E-state index contributed by atoms with van der Waals surface area (Å²) in [5.74, 6) is -0.811. The fourth-order valence-corrected chi connectivity index (χ4v) is 2.88. The van der Waals surface area contributed by atoms with Gasteiger partial charge in [-0.15, -0.1) is 0 Å². The number of hydrogen-bond donors (Lipinski definition) is 2. The standard InChI is InChI=1S/C21H23N3O4/c1-14(2)10-18(21(26)27)23-20(25)15-6-5-7-17(11-15)28-13-16-12-24-9-4-3-8-19(24)22-16/h3-9,11-12,14,18H,10,13H2,1-2H3,(H,23,25)(H,26,27)/t18-/m0/s1. The number of carboxylic acid groups (broad SMARTS) is 1. The molecular formula is C21H23N3O4. The number of carbonyl (C=O) groups is 2. The average Bonchev–Trinajstić information content (AvgIpc) is 3.08. The first-order valence-corrected chi connectivity index (χ1v) is 9.11. The van der Waals surface area contributed by atoms with Gasteiger partial charge in [-0.3, -0.25) is 4.79 Å². The molecule has 2 aromatic heterocycles. The van der Waals surface area contributed by atoms with Crippen LogP contribution in [0, 0.1) is 5.92 Å². The number of hydrogen-bond acceptors (Lipinski definition) is 4. The Morgan fingerprint density at radius 2 is 2.04 bits per heavy atom. The molecule has 0 bridgehead atoms. The number of carbonyl (C=O) groups excluding carboxylic acids is 1. The lowest BCUT2D eigenvalue weighted by atomic mass is 10.0. The van der Waals surface area contributed by atoms with Crippen molar-refractivity contribution in [1.82, 2.24) is 14.7 Å². The van der Waals surface area contributed by atoms with E-state index in [-0.39, 0.29) is 12.5 Å². The van der Waals surface area contributed by atoms with Gasteiger partial charge in [-0.25, -0.2) is 9.78 Å². The topological polar surface area (TPSA) is 92.9 Å². The largest absolute Gasteiger partial charge is 0.487 e. The first-order valence-electron chi connectivity index (χ1n) is 9.11. The number of fused-ring (bicyclic) bond motifs is 1. The van der Waals surface area contributed by atoms with Crippen molar-refractivity contribution in [1.29, 1.82) is 0 Å². The van der Waals surface area contributed by atoms with Gasteiger partial charge in [0.1, 0.15) is 24.0 Å². The van der Waals surface area contributed by atoms with Crippen molar-refractivity contribution in [3.8, 4) is 5.75 Å². The molecule has 3 rings (SSSR count). The van der Waals surface area contributed by atoms with E-state index in [0.717, 1.165) is 11.3 Å². The van der Waals surface area contributed by atoms with Gasteiger partial charge in [0.15, 0.2) is 0 Å². The van der Waals surface area contributed by atoms with Crippen LogP contribution in [0.5, 0.6) is 5.75 Å². The van der Waals surface area contributed by atoms with Gasteiger partial charge in [-0.05, 0) is 42.7 Å². The summed E-state index contributed by atoms with van der Waals surface area (Å²) in [6.07, 6.45) is 4.16. The molecule has 7 nitrogen and oxygen atoms in total. The minimum absolute atomic E-state index is 0.154. The second-order valence-corrected chi connectivity index (χ2v) is 7.01. The highest BCUT2D eigenvalue weighted by Gasteiger charge is 2.21. The normalized spacial score (nSPS) is 12.1. The minimum atomic E-state index is -1.04. The molecule has 1 aromatic carbocycles. The maximum absolute atomic E-state index is 12.4. The van der Waals surface area contributed by atoms with E-state index >= 15 is 0 Å². The predicted molar refractivity (Wildman–Crippen MR) is 104 cm³/mol. The quantitative estimate of drug-likeness (QED) is 0.625. The van der Waals surface area contributed by atoms with Crippen molar-refractivity contribution >= 4 is 17.5 Å². The number of aromatic nitrogens is 2. The fourth-order valence-electron chi connectivity index (χ4n) is 2.88. The molecule has 0 fully saturated rings. The van der Waals surface area contributed by atoms with Gasteiger partial charge in [-0.1, -0.05) is 26.0 Å². The Labute approximate surface area is 163 Å². The molecule has 146 valence electrons. The van der Waals surface area contributed by atoms with Crippen LogP contribution in [0.1, 0.15) is 36.3 Å². The van der Waals surface area contributed by atoms with Crippen molar-refractivity contribution in [2.45, 2.75) is 32.9 Å². The summed E-state index contributed by atoms with van der Waals surface area (Å²) in [5, 5.41) is 11.9. The Balaban J connectivity index is 1.65. The maximum Gasteiger partial charge on any atom is 0.326 e. The van der Waals surface area contributed by atoms with Crippen LogP contribution in [0.25, 0.3) is 5.65 Å². The second kappa shape index (κ2) is 8.56. The number of carboxylic acids is 1. The lowest BCUT2D eigenvalue weighted by Gasteiger charge is -2.16. The molecule has 0 radical (unpaired) electrons. The number of nitrogens with one attached hydrogen (secondary N) is 1. The van der Waals surface area contributed by atoms with Gasteiger partial charge in [0.2, 0.25) is 0 Å². The molecule has 1 amide bonds. The summed E-state index contributed by atoms with van der Waals surface area (Å²) in [4.78, 5) is 28.3. The lowest BCUT2D eigenvalue weighted by molar-refractivity contribution is -0.139. The minimum Gasteiger partial charge on any atom is -0.487 e. The number of rotatable bonds is 8. The van der Waals surface area contributed by atoms with Crippen molar-refractivity contribution in [3.05, 3.63) is 66.1 Å². The first kappa shape index (κ1) is 19.4. The summed E-state index contributed by atoms with van der Waals surface area (Å²) in [5.41, 5.74) is 1.95. The van der Waals surface area contributed by atoms with Crippen LogP contribution < -0.4 is 10.1 Å². The van der Waals surface area contributed by atoms with Crippen LogP contribution in [0.2, 0.25) is 0 Å². The maximum atomic E-state index is 12.4. The predicted octanol–water partition coefficient (Wildman–Crippen LogP) is 3.14. The molecule has 1 atom stereocenters. The lowest BCUT2D eigenvalue weighted by Crippen LogP contribution is -2.41. The van der Waals surface area contributed by atoms with E-state index in [9.17, 15) is 14.7 Å². The zero-order valence-corrected chi connectivity index (χ0v) is 15.8. The molecule has 0 aliphatic carbocycles. The van der Waals surface area contributed by atoms with E-state index in [2.05, 4.69) is 10.3 Å². The van der Waals surface area contributed by atoms with Gasteiger partial charge in [0.25, 0.3) is 5.91 Å². The van der Waals surface area contributed by atoms with E-state index in [0.29, 0.717) is 17.7 Å². The number of benzene rings is 1. The number of imidazole rings is 1. The number of aliphatic carboxylic acids is 1. The Hall–Kier alpha value is -3.35. The van der Waals surface area contributed by atoms with Crippen molar-refractivity contribution in [2.24, 2.45) is 5.92 Å².